The Morgan fingerprint density at radius 2 is 2.26 bits per heavy atom. The van der Waals surface area contributed by atoms with Crippen molar-refractivity contribution in [2.45, 2.75) is 17.7 Å². The van der Waals surface area contributed by atoms with Crippen molar-refractivity contribution < 1.29 is 8.42 Å². The van der Waals surface area contributed by atoms with E-state index in [1.807, 2.05) is 6.07 Å². The van der Waals surface area contributed by atoms with E-state index < -0.39 is 10.0 Å². The highest BCUT2D eigenvalue weighted by atomic mass is 32.2. The number of aryl methyl sites for hydroxylation is 1. The van der Waals surface area contributed by atoms with Gasteiger partial charge in [-0.2, -0.15) is 14.7 Å². The molecule has 0 aromatic carbocycles. The Morgan fingerprint density at radius 3 is 2.79 bits per heavy atom. The van der Waals surface area contributed by atoms with Gasteiger partial charge in [0.1, 0.15) is 21.0 Å². The van der Waals surface area contributed by atoms with E-state index >= 15 is 0 Å². The average molecular weight is 297 g/mol. The van der Waals surface area contributed by atoms with Gasteiger partial charge < -0.3 is 0 Å². The van der Waals surface area contributed by atoms with Gasteiger partial charge in [0.15, 0.2) is 5.82 Å². The van der Waals surface area contributed by atoms with Gasteiger partial charge in [0.25, 0.3) is 10.0 Å². The van der Waals surface area contributed by atoms with Crippen LogP contribution in [0.4, 0.5) is 0 Å². The molecule has 0 amide bonds. The molecule has 2 aromatic rings. The summed E-state index contributed by atoms with van der Waals surface area (Å²) in [5.41, 5.74) is 0. The number of nitrogens with zero attached hydrogens (tertiary/aromatic N) is 4. The molecule has 100 valence electrons. The topological polar surface area (TPSA) is 103 Å². The fourth-order valence-electron chi connectivity index (χ4n) is 1.42. The van der Waals surface area contributed by atoms with Crippen molar-refractivity contribution in [1.29, 1.82) is 5.26 Å². The van der Waals surface area contributed by atoms with Crippen molar-refractivity contribution in [3.8, 4) is 6.07 Å². The molecule has 1 N–H and O–H groups in total. The smallest absolute Gasteiger partial charge is 0.252 e. The number of nitrogens with one attached hydrogen (secondary N) is 1. The largest absolute Gasteiger partial charge is 0.263 e. The zero-order valence-electron chi connectivity index (χ0n) is 10.3. The van der Waals surface area contributed by atoms with Crippen molar-refractivity contribution in [3.05, 3.63) is 28.7 Å². The molecule has 0 aliphatic rings. The minimum atomic E-state index is -3.61. The zero-order chi connectivity index (χ0) is 14.0. The number of rotatable bonds is 4. The standard InChI is InChI=1S/C10H11N5O2S2/c1-7-12-9(14-13-7)6-15(2)19(16,17)10-4-3-8(5-11)18-10/h3-4H,6H2,1-2H3,(H,12,13,14). The maximum Gasteiger partial charge on any atom is 0.252 e. The molecule has 0 saturated heterocycles. The number of hydrogen-bond donors (Lipinski definition) is 1. The van der Waals surface area contributed by atoms with Crippen LogP contribution in [0.15, 0.2) is 16.3 Å². The second kappa shape index (κ2) is 5.08. The monoisotopic (exact) mass is 297 g/mol. The molecule has 0 fully saturated rings. The molecule has 0 aliphatic carbocycles. The normalized spacial score (nSPS) is 11.7. The van der Waals surface area contributed by atoms with Crippen molar-refractivity contribution in [3.63, 3.8) is 0 Å². The Balaban J connectivity index is 2.22. The molecule has 0 radical (unpaired) electrons. The Morgan fingerprint density at radius 1 is 1.53 bits per heavy atom. The third kappa shape index (κ3) is 2.81. The predicted octanol–water partition coefficient (Wildman–Crippen LogP) is 0.867. The fraction of sp³-hybridized carbons (Fsp3) is 0.300. The average Bonchev–Trinajstić information content (AvgIpc) is 2.98. The molecule has 0 unspecified atom stereocenters. The molecule has 19 heavy (non-hydrogen) atoms. The Kier molecular flexibility index (Phi) is 3.66. The third-order valence-electron chi connectivity index (χ3n) is 2.36. The van der Waals surface area contributed by atoms with E-state index in [1.54, 1.807) is 6.92 Å². The van der Waals surface area contributed by atoms with Crippen molar-refractivity contribution in [2.75, 3.05) is 7.05 Å². The highest BCUT2D eigenvalue weighted by Gasteiger charge is 2.24. The summed E-state index contributed by atoms with van der Waals surface area (Å²) < 4.78 is 25.8. The number of hydrogen-bond acceptors (Lipinski definition) is 6. The summed E-state index contributed by atoms with van der Waals surface area (Å²) in [6, 6.07) is 4.83. The summed E-state index contributed by atoms with van der Waals surface area (Å²) in [5, 5.41) is 15.3. The van der Waals surface area contributed by atoms with Gasteiger partial charge in [0.05, 0.1) is 6.54 Å². The minimum Gasteiger partial charge on any atom is -0.263 e. The lowest BCUT2D eigenvalue weighted by Gasteiger charge is -2.13. The van der Waals surface area contributed by atoms with Gasteiger partial charge in [0.2, 0.25) is 0 Å². The SMILES string of the molecule is Cc1nc(CN(C)S(=O)(=O)c2ccc(C#N)s2)n[nH]1. The van der Waals surface area contributed by atoms with Gasteiger partial charge >= 0.3 is 0 Å². The molecule has 7 nitrogen and oxygen atoms in total. The van der Waals surface area contributed by atoms with Crippen LogP contribution in [-0.4, -0.2) is 35.0 Å². The van der Waals surface area contributed by atoms with Crippen molar-refractivity contribution in [1.82, 2.24) is 19.5 Å². The van der Waals surface area contributed by atoms with Crippen LogP contribution in [0.25, 0.3) is 0 Å². The number of thiophene rings is 1. The summed E-state index contributed by atoms with van der Waals surface area (Å²) in [5.74, 6) is 1.03. The quantitative estimate of drug-likeness (QED) is 0.901. The summed E-state index contributed by atoms with van der Waals surface area (Å²) in [7, 11) is -2.16. The predicted molar refractivity (Wildman–Crippen MR) is 68.8 cm³/mol. The molecule has 0 aliphatic heterocycles. The Bertz CT molecular complexity index is 725. The van der Waals surface area contributed by atoms with Gasteiger partial charge in [-0.3, -0.25) is 5.10 Å². The van der Waals surface area contributed by atoms with Crippen molar-refractivity contribution >= 4 is 21.4 Å². The van der Waals surface area contributed by atoms with Crippen LogP contribution in [0.5, 0.6) is 0 Å². The number of sulfonamides is 1. The first-order valence-corrected chi connectivity index (χ1v) is 7.53. The van der Waals surface area contributed by atoms with Crippen LogP contribution in [0, 0.1) is 18.3 Å². The molecular weight excluding hydrogens is 286 g/mol. The summed E-state index contributed by atoms with van der Waals surface area (Å²) in [4.78, 5) is 4.42. The molecule has 0 bridgehead atoms. The van der Waals surface area contributed by atoms with Crippen LogP contribution in [0.1, 0.15) is 16.5 Å². The molecular formula is C10H11N5O2S2. The zero-order valence-corrected chi connectivity index (χ0v) is 11.9. The first-order chi connectivity index (χ1) is 8.93. The second-order valence-electron chi connectivity index (χ2n) is 3.83. The lowest BCUT2D eigenvalue weighted by molar-refractivity contribution is 0.459. The summed E-state index contributed by atoms with van der Waals surface area (Å²) in [6.45, 7) is 1.82. The Hall–Kier alpha value is -1.76. The molecule has 0 saturated carbocycles. The third-order valence-corrected chi connectivity index (χ3v) is 5.62. The minimum absolute atomic E-state index is 0.0759. The van der Waals surface area contributed by atoms with E-state index in [9.17, 15) is 8.42 Å². The van der Waals surface area contributed by atoms with Gasteiger partial charge in [-0.05, 0) is 19.1 Å². The van der Waals surface area contributed by atoms with Gasteiger partial charge in [-0.15, -0.1) is 11.3 Å². The number of H-pyrrole nitrogens is 1. The van der Waals surface area contributed by atoms with E-state index in [0.29, 0.717) is 16.5 Å². The molecule has 9 heteroatoms. The van der Waals surface area contributed by atoms with E-state index in [1.165, 1.54) is 19.2 Å². The highest BCUT2D eigenvalue weighted by Crippen LogP contribution is 2.24. The highest BCUT2D eigenvalue weighted by molar-refractivity contribution is 7.91. The van der Waals surface area contributed by atoms with Gasteiger partial charge in [-0.1, -0.05) is 0 Å². The van der Waals surface area contributed by atoms with E-state index in [4.69, 9.17) is 5.26 Å². The van der Waals surface area contributed by atoms with Gasteiger partial charge in [-0.25, -0.2) is 13.4 Å². The number of aromatic nitrogens is 3. The summed E-state index contributed by atoms with van der Waals surface area (Å²) in [6.07, 6.45) is 0. The maximum atomic E-state index is 12.2. The number of nitriles is 1. The molecule has 2 aromatic heterocycles. The maximum absolute atomic E-state index is 12.2. The lowest BCUT2D eigenvalue weighted by Crippen LogP contribution is -2.26. The van der Waals surface area contributed by atoms with E-state index in [0.717, 1.165) is 15.6 Å². The first kappa shape index (κ1) is 13.7. The van der Waals surface area contributed by atoms with E-state index in [-0.39, 0.29) is 10.8 Å². The summed E-state index contributed by atoms with van der Waals surface area (Å²) >= 11 is 0.945. The van der Waals surface area contributed by atoms with Crippen LogP contribution < -0.4 is 0 Å². The second-order valence-corrected chi connectivity index (χ2v) is 7.18. The van der Waals surface area contributed by atoms with Crippen molar-refractivity contribution in [2.24, 2.45) is 0 Å². The Labute approximate surface area is 114 Å². The van der Waals surface area contributed by atoms with Crippen LogP contribution in [-0.2, 0) is 16.6 Å². The first-order valence-electron chi connectivity index (χ1n) is 5.27. The lowest BCUT2D eigenvalue weighted by atomic mass is 10.5. The fourth-order valence-corrected chi connectivity index (χ4v) is 3.86. The molecule has 2 heterocycles. The van der Waals surface area contributed by atoms with E-state index in [2.05, 4.69) is 15.2 Å². The van der Waals surface area contributed by atoms with Crippen LogP contribution in [0.2, 0.25) is 0 Å². The molecule has 2 rings (SSSR count). The van der Waals surface area contributed by atoms with Crippen LogP contribution >= 0.6 is 11.3 Å². The molecule has 0 atom stereocenters. The number of aromatic amines is 1. The van der Waals surface area contributed by atoms with Crippen LogP contribution in [0.3, 0.4) is 0 Å². The molecule has 0 spiro atoms. The van der Waals surface area contributed by atoms with Gasteiger partial charge in [0, 0.05) is 7.05 Å².